The molecular formula is C29H48N8O4. The average Bonchev–Trinajstić information content (AvgIpc) is 3.69. The van der Waals surface area contributed by atoms with Crippen molar-refractivity contribution >= 4 is 35.6 Å². The number of anilines is 3. The van der Waals surface area contributed by atoms with Crippen LogP contribution in [0.1, 0.15) is 73.1 Å². The molecule has 3 fully saturated rings. The Balaban J connectivity index is 1.47. The minimum Gasteiger partial charge on any atom is -0.465 e. The fourth-order valence-electron chi connectivity index (χ4n) is 6.41. The number of piperazine rings is 1. The average molecular weight is 573 g/mol. The largest absolute Gasteiger partial charge is 0.465 e. The molecule has 0 bridgehead atoms. The van der Waals surface area contributed by atoms with E-state index in [2.05, 4.69) is 42.4 Å². The van der Waals surface area contributed by atoms with Gasteiger partial charge in [-0.2, -0.15) is 15.0 Å². The minimum atomic E-state index is -1.14. The van der Waals surface area contributed by atoms with Gasteiger partial charge in [0, 0.05) is 58.9 Å². The second-order valence-electron chi connectivity index (χ2n) is 11.1. The molecule has 41 heavy (non-hydrogen) atoms. The second-order valence-corrected chi connectivity index (χ2v) is 11.1. The zero-order valence-electron chi connectivity index (χ0n) is 25.6. The first kappa shape index (κ1) is 30.8. The van der Waals surface area contributed by atoms with Crippen molar-refractivity contribution in [3.05, 3.63) is 0 Å². The monoisotopic (exact) mass is 572 g/mol. The van der Waals surface area contributed by atoms with Gasteiger partial charge < -0.3 is 29.2 Å². The summed E-state index contributed by atoms with van der Waals surface area (Å²) in [6.07, 6.45) is 4.02. The van der Waals surface area contributed by atoms with E-state index < -0.39 is 17.4 Å². The van der Waals surface area contributed by atoms with E-state index in [9.17, 15) is 14.4 Å². The fourth-order valence-corrected chi connectivity index (χ4v) is 6.41. The Morgan fingerprint density at radius 1 is 0.805 bits per heavy atom. The molecule has 12 nitrogen and oxygen atoms in total. The first-order chi connectivity index (χ1) is 19.8. The van der Waals surface area contributed by atoms with Crippen LogP contribution in [0.15, 0.2) is 0 Å². The number of aromatic nitrogens is 3. The van der Waals surface area contributed by atoms with E-state index in [4.69, 9.17) is 19.7 Å². The Bertz CT molecular complexity index is 1030. The van der Waals surface area contributed by atoms with Crippen LogP contribution in [0.2, 0.25) is 0 Å². The molecule has 1 saturated carbocycles. The molecule has 12 heteroatoms. The third kappa shape index (κ3) is 6.21. The van der Waals surface area contributed by atoms with E-state index in [1.165, 1.54) is 0 Å². The Morgan fingerprint density at radius 3 is 1.88 bits per heavy atom. The van der Waals surface area contributed by atoms with Crippen LogP contribution in [-0.4, -0.2) is 114 Å². The molecule has 0 spiro atoms. The Morgan fingerprint density at radius 2 is 1.37 bits per heavy atom. The maximum atomic E-state index is 13.8. The molecule has 4 rings (SSSR count). The molecule has 1 atom stereocenters. The number of likely N-dealkylation sites (tertiary alicyclic amines) is 1. The minimum absolute atomic E-state index is 0.0317. The van der Waals surface area contributed by atoms with E-state index in [1.54, 1.807) is 11.8 Å². The summed E-state index contributed by atoms with van der Waals surface area (Å²) in [5.74, 6) is 1.29. The van der Waals surface area contributed by atoms with Crippen molar-refractivity contribution in [1.82, 2.24) is 24.8 Å². The summed E-state index contributed by atoms with van der Waals surface area (Å²) >= 11 is 0. The summed E-state index contributed by atoms with van der Waals surface area (Å²) in [4.78, 5) is 64.8. The normalized spacial score (nSPS) is 20.3. The molecule has 1 unspecified atom stereocenters. The van der Waals surface area contributed by atoms with Crippen LogP contribution >= 0.6 is 0 Å². The third-order valence-corrected chi connectivity index (χ3v) is 8.90. The van der Waals surface area contributed by atoms with Crippen molar-refractivity contribution in [3.8, 4) is 0 Å². The van der Waals surface area contributed by atoms with E-state index in [0.717, 1.165) is 45.4 Å². The van der Waals surface area contributed by atoms with Gasteiger partial charge in [-0.1, -0.05) is 12.8 Å². The van der Waals surface area contributed by atoms with Crippen LogP contribution in [0.5, 0.6) is 0 Å². The molecule has 1 aromatic rings. The molecule has 3 aliphatic rings. The summed E-state index contributed by atoms with van der Waals surface area (Å²) in [5, 5.41) is 0. The SMILES string of the molecule is CCOC(=O)C1(C(=O)N2CCCC2C(=O)N2CCN(c3nc(N(CC)CC)nc(N(CC)CC)n3)CC2)CCCC1. The smallest absolute Gasteiger partial charge is 0.321 e. The van der Waals surface area contributed by atoms with Crippen LogP contribution in [0, 0.1) is 5.41 Å². The number of ether oxygens (including phenoxy) is 1. The highest BCUT2D eigenvalue weighted by Gasteiger charge is 2.53. The van der Waals surface area contributed by atoms with Crippen molar-refractivity contribution in [3.63, 3.8) is 0 Å². The fraction of sp³-hybridized carbons (Fsp3) is 0.793. The van der Waals surface area contributed by atoms with E-state index >= 15 is 0 Å². The predicted molar refractivity (Wildman–Crippen MR) is 158 cm³/mol. The van der Waals surface area contributed by atoms with Gasteiger partial charge in [0.2, 0.25) is 29.7 Å². The van der Waals surface area contributed by atoms with Crippen molar-refractivity contribution in [2.75, 3.05) is 80.2 Å². The third-order valence-electron chi connectivity index (χ3n) is 8.90. The van der Waals surface area contributed by atoms with E-state index in [-0.39, 0.29) is 18.4 Å². The summed E-state index contributed by atoms with van der Waals surface area (Å²) in [7, 11) is 0. The highest BCUT2D eigenvalue weighted by Crippen LogP contribution is 2.42. The number of amides is 2. The molecule has 3 heterocycles. The van der Waals surface area contributed by atoms with Gasteiger partial charge >= 0.3 is 5.97 Å². The number of carbonyl (C=O) groups excluding carboxylic acids is 3. The maximum absolute atomic E-state index is 13.8. The maximum Gasteiger partial charge on any atom is 0.321 e. The first-order valence-corrected chi connectivity index (χ1v) is 15.6. The van der Waals surface area contributed by atoms with E-state index in [0.29, 0.717) is 69.8 Å². The zero-order chi connectivity index (χ0) is 29.6. The Hall–Kier alpha value is -3.18. The number of nitrogens with zero attached hydrogens (tertiary/aromatic N) is 8. The second kappa shape index (κ2) is 13.7. The van der Waals surface area contributed by atoms with Crippen molar-refractivity contribution in [1.29, 1.82) is 0 Å². The number of rotatable bonds is 11. The molecular weight excluding hydrogens is 524 g/mol. The lowest BCUT2D eigenvalue weighted by Crippen LogP contribution is -2.57. The van der Waals surface area contributed by atoms with Gasteiger partial charge in [0.25, 0.3) is 0 Å². The van der Waals surface area contributed by atoms with Crippen LogP contribution < -0.4 is 14.7 Å². The molecule has 1 aromatic heterocycles. The number of hydrogen-bond acceptors (Lipinski definition) is 10. The van der Waals surface area contributed by atoms with Crippen molar-refractivity contribution in [2.24, 2.45) is 5.41 Å². The lowest BCUT2D eigenvalue weighted by atomic mass is 9.84. The van der Waals surface area contributed by atoms with Crippen LogP contribution in [0.4, 0.5) is 17.8 Å². The van der Waals surface area contributed by atoms with Crippen molar-refractivity contribution in [2.45, 2.75) is 79.2 Å². The lowest BCUT2D eigenvalue weighted by Gasteiger charge is -2.39. The molecule has 2 saturated heterocycles. The van der Waals surface area contributed by atoms with Crippen LogP contribution in [0.25, 0.3) is 0 Å². The van der Waals surface area contributed by atoms with Gasteiger partial charge in [0.15, 0.2) is 0 Å². The van der Waals surface area contributed by atoms with Gasteiger partial charge in [-0.05, 0) is 60.3 Å². The van der Waals surface area contributed by atoms with Gasteiger partial charge in [0.1, 0.15) is 11.5 Å². The van der Waals surface area contributed by atoms with Crippen LogP contribution in [0.3, 0.4) is 0 Å². The summed E-state index contributed by atoms with van der Waals surface area (Å²) in [6.45, 7) is 16.3. The summed E-state index contributed by atoms with van der Waals surface area (Å²) < 4.78 is 5.34. The lowest BCUT2D eigenvalue weighted by molar-refractivity contribution is -0.167. The number of hydrogen-bond donors (Lipinski definition) is 0. The Labute approximate surface area is 244 Å². The molecule has 228 valence electrons. The molecule has 2 aliphatic heterocycles. The summed E-state index contributed by atoms with van der Waals surface area (Å²) in [6, 6.07) is -0.526. The molecule has 0 aromatic carbocycles. The van der Waals surface area contributed by atoms with Gasteiger partial charge in [-0.3, -0.25) is 14.4 Å². The quantitative estimate of drug-likeness (QED) is 0.289. The van der Waals surface area contributed by atoms with Crippen LogP contribution in [-0.2, 0) is 19.1 Å². The highest BCUT2D eigenvalue weighted by atomic mass is 16.5. The van der Waals surface area contributed by atoms with Gasteiger partial charge in [-0.25, -0.2) is 0 Å². The molecule has 0 radical (unpaired) electrons. The predicted octanol–water partition coefficient (Wildman–Crippen LogP) is 2.33. The first-order valence-electron chi connectivity index (χ1n) is 15.6. The number of carbonyl (C=O) groups is 3. The standard InChI is InChI=1S/C29H48N8O4/c1-6-33(7-2)26-30-27(34(8-3)9-4)32-28(31-26)36-20-18-35(19-21-36)23(38)22-14-13-17-37(22)24(39)29(15-11-12-16-29)25(40)41-10-5/h22H,6-21H2,1-5H3. The topological polar surface area (TPSA) is 115 Å². The molecule has 1 aliphatic carbocycles. The molecule has 0 N–H and O–H groups in total. The van der Waals surface area contributed by atoms with E-state index in [1.807, 2.05) is 4.90 Å². The molecule has 2 amide bonds. The van der Waals surface area contributed by atoms with Gasteiger partial charge in [-0.15, -0.1) is 0 Å². The Kier molecular flexibility index (Phi) is 10.2. The highest BCUT2D eigenvalue weighted by molar-refractivity contribution is 6.04. The summed E-state index contributed by atoms with van der Waals surface area (Å²) in [5.41, 5.74) is -1.14. The zero-order valence-corrected chi connectivity index (χ0v) is 25.6. The number of esters is 1. The van der Waals surface area contributed by atoms with Crippen molar-refractivity contribution < 1.29 is 19.1 Å². The van der Waals surface area contributed by atoms with Gasteiger partial charge in [0.05, 0.1) is 6.61 Å².